The maximum Gasteiger partial charge on any atom is 0.412 e. The fraction of sp³-hybridized carbons (Fsp3) is 0.533. The van der Waals surface area contributed by atoms with Crippen molar-refractivity contribution < 1.29 is 19.0 Å². The summed E-state index contributed by atoms with van der Waals surface area (Å²) in [5.74, 6) is -0.852. The molecule has 21 heavy (non-hydrogen) atoms. The van der Waals surface area contributed by atoms with E-state index in [1.165, 1.54) is 0 Å². The van der Waals surface area contributed by atoms with E-state index >= 15 is 0 Å². The number of rotatable bonds is 4. The van der Waals surface area contributed by atoms with Gasteiger partial charge < -0.3 is 14.2 Å². The first-order valence-corrected chi connectivity index (χ1v) is 7.31. The summed E-state index contributed by atoms with van der Waals surface area (Å²) >= 11 is 5.80. The minimum absolute atomic E-state index is 0.423. The van der Waals surface area contributed by atoms with Crippen LogP contribution in [0.2, 0.25) is 5.02 Å². The molecule has 1 unspecified atom stereocenters. The molecule has 1 aromatic carbocycles. The van der Waals surface area contributed by atoms with Crippen LogP contribution < -0.4 is 5.32 Å². The van der Waals surface area contributed by atoms with Crippen molar-refractivity contribution in [2.75, 3.05) is 19.5 Å². The Morgan fingerprint density at radius 3 is 2.52 bits per heavy atom. The number of carbonyl (C=O) groups excluding carboxylic acids is 1. The Hall–Kier alpha value is -1.30. The largest absolute Gasteiger partial charge is 0.440 e. The number of ether oxygens (including phenoxy) is 3. The highest BCUT2D eigenvalue weighted by Gasteiger charge is 2.44. The van der Waals surface area contributed by atoms with E-state index in [9.17, 15) is 4.79 Å². The number of amides is 1. The molecule has 0 bridgehead atoms. The highest BCUT2D eigenvalue weighted by atomic mass is 35.5. The van der Waals surface area contributed by atoms with Gasteiger partial charge in [0, 0.05) is 31.4 Å². The van der Waals surface area contributed by atoms with Crippen LogP contribution in [-0.2, 0) is 14.2 Å². The molecule has 0 saturated heterocycles. The molecule has 1 fully saturated rings. The molecule has 116 valence electrons. The zero-order valence-electron chi connectivity index (χ0n) is 12.2. The van der Waals surface area contributed by atoms with Gasteiger partial charge in [0.15, 0.2) is 6.10 Å². The number of nitrogens with one attached hydrogen (secondary N) is 1. The summed E-state index contributed by atoms with van der Waals surface area (Å²) in [6.07, 6.45) is 2.44. The van der Waals surface area contributed by atoms with Crippen LogP contribution in [0.1, 0.15) is 25.7 Å². The zero-order valence-corrected chi connectivity index (χ0v) is 13.0. The molecule has 0 aliphatic heterocycles. The SMILES string of the molecule is COC1(OC)CCCCC1OC(=O)Nc1ccc(Cl)cc1. The second-order valence-electron chi connectivity index (χ2n) is 4.99. The fourth-order valence-corrected chi connectivity index (χ4v) is 2.72. The predicted octanol–water partition coefficient (Wildman–Crippen LogP) is 3.82. The van der Waals surface area contributed by atoms with Gasteiger partial charge in [0.1, 0.15) is 0 Å². The van der Waals surface area contributed by atoms with Crippen LogP contribution in [0.5, 0.6) is 0 Å². The highest BCUT2D eigenvalue weighted by molar-refractivity contribution is 6.30. The van der Waals surface area contributed by atoms with Crippen molar-refractivity contribution in [2.24, 2.45) is 0 Å². The lowest BCUT2D eigenvalue weighted by Gasteiger charge is -2.40. The minimum Gasteiger partial charge on any atom is -0.440 e. The summed E-state index contributed by atoms with van der Waals surface area (Å²) in [6.45, 7) is 0. The quantitative estimate of drug-likeness (QED) is 0.859. The molecule has 1 aliphatic carbocycles. The Labute approximate surface area is 129 Å². The van der Waals surface area contributed by atoms with Gasteiger partial charge in [-0.25, -0.2) is 4.79 Å². The molecule has 5 nitrogen and oxygen atoms in total. The second-order valence-corrected chi connectivity index (χ2v) is 5.43. The zero-order chi connectivity index (χ0) is 15.3. The van der Waals surface area contributed by atoms with Gasteiger partial charge in [0.25, 0.3) is 0 Å². The number of benzene rings is 1. The average molecular weight is 314 g/mol. The van der Waals surface area contributed by atoms with Crippen LogP contribution in [0, 0.1) is 0 Å². The molecule has 0 spiro atoms. The monoisotopic (exact) mass is 313 g/mol. The molecule has 0 radical (unpaired) electrons. The molecule has 1 atom stereocenters. The molecule has 0 aromatic heterocycles. The first-order chi connectivity index (χ1) is 10.1. The number of anilines is 1. The predicted molar refractivity (Wildman–Crippen MR) is 80.6 cm³/mol. The Kier molecular flexibility index (Phi) is 5.45. The molecular weight excluding hydrogens is 294 g/mol. The number of methoxy groups -OCH3 is 2. The van der Waals surface area contributed by atoms with Crippen LogP contribution >= 0.6 is 11.6 Å². The van der Waals surface area contributed by atoms with Crippen molar-refractivity contribution >= 4 is 23.4 Å². The van der Waals surface area contributed by atoms with Gasteiger partial charge in [-0.05, 0) is 43.5 Å². The van der Waals surface area contributed by atoms with E-state index in [0.29, 0.717) is 17.1 Å². The van der Waals surface area contributed by atoms with Crippen LogP contribution in [0.15, 0.2) is 24.3 Å². The third-order valence-electron chi connectivity index (χ3n) is 3.76. The lowest BCUT2D eigenvalue weighted by Crippen LogP contribution is -2.50. The molecule has 1 aromatic rings. The lowest BCUT2D eigenvalue weighted by molar-refractivity contribution is -0.270. The number of halogens is 1. The molecular formula is C15H20ClNO4. The van der Waals surface area contributed by atoms with Crippen molar-refractivity contribution in [1.82, 2.24) is 0 Å². The molecule has 2 rings (SSSR count). The van der Waals surface area contributed by atoms with E-state index in [1.54, 1.807) is 38.5 Å². The first-order valence-electron chi connectivity index (χ1n) is 6.93. The molecule has 6 heteroatoms. The maximum atomic E-state index is 12.0. The van der Waals surface area contributed by atoms with Crippen molar-refractivity contribution in [3.8, 4) is 0 Å². The van der Waals surface area contributed by atoms with Crippen molar-refractivity contribution in [2.45, 2.75) is 37.6 Å². The normalized spacial score (nSPS) is 20.8. The summed E-state index contributed by atoms with van der Waals surface area (Å²) in [5, 5.41) is 3.28. The second kappa shape index (κ2) is 7.11. The number of hydrogen-bond acceptors (Lipinski definition) is 4. The van der Waals surface area contributed by atoms with Crippen molar-refractivity contribution in [1.29, 1.82) is 0 Å². The molecule has 1 saturated carbocycles. The molecule has 0 heterocycles. The highest BCUT2D eigenvalue weighted by Crippen LogP contribution is 2.34. The first kappa shape index (κ1) is 16.1. The van der Waals surface area contributed by atoms with Crippen molar-refractivity contribution in [3.05, 3.63) is 29.3 Å². The van der Waals surface area contributed by atoms with E-state index in [0.717, 1.165) is 19.3 Å². The standard InChI is InChI=1S/C15H20ClNO4/c1-19-15(20-2)10-4-3-5-13(15)21-14(18)17-12-8-6-11(16)7-9-12/h6-9,13H,3-5,10H2,1-2H3,(H,17,18). The van der Waals surface area contributed by atoms with Gasteiger partial charge in [-0.2, -0.15) is 0 Å². The summed E-state index contributed by atoms with van der Waals surface area (Å²) < 4.78 is 16.4. The summed E-state index contributed by atoms with van der Waals surface area (Å²) in [4.78, 5) is 12.0. The van der Waals surface area contributed by atoms with Crippen molar-refractivity contribution in [3.63, 3.8) is 0 Å². The van der Waals surface area contributed by atoms with E-state index in [2.05, 4.69) is 5.32 Å². The molecule has 1 amide bonds. The Morgan fingerprint density at radius 2 is 1.90 bits per heavy atom. The molecule has 1 aliphatic rings. The Morgan fingerprint density at radius 1 is 1.24 bits per heavy atom. The Bertz CT molecular complexity index is 473. The molecule has 1 N–H and O–H groups in total. The van der Waals surface area contributed by atoms with Gasteiger partial charge in [0.2, 0.25) is 5.79 Å². The van der Waals surface area contributed by atoms with E-state index in [-0.39, 0.29) is 0 Å². The van der Waals surface area contributed by atoms with Gasteiger partial charge in [-0.15, -0.1) is 0 Å². The van der Waals surface area contributed by atoms with Gasteiger partial charge >= 0.3 is 6.09 Å². The van der Waals surface area contributed by atoms with E-state index < -0.39 is 18.0 Å². The number of carbonyl (C=O) groups is 1. The average Bonchev–Trinajstić information content (AvgIpc) is 2.50. The van der Waals surface area contributed by atoms with Gasteiger partial charge in [-0.1, -0.05) is 11.6 Å². The van der Waals surface area contributed by atoms with Crippen LogP contribution in [0.3, 0.4) is 0 Å². The van der Waals surface area contributed by atoms with Gasteiger partial charge in [0.05, 0.1) is 0 Å². The third kappa shape index (κ3) is 3.87. The third-order valence-corrected chi connectivity index (χ3v) is 4.02. The van der Waals surface area contributed by atoms with E-state index in [1.807, 2.05) is 0 Å². The van der Waals surface area contributed by atoms with Crippen LogP contribution in [0.25, 0.3) is 0 Å². The van der Waals surface area contributed by atoms with E-state index in [4.69, 9.17) is 25.8 Å². The van der Waals surface area contributed by atoms with Crippen LogP contribution in [-0.4, -0.2) is 32.2 Å². The summed E-state index contributed by atoms with van der Waals surface area (Å²) in [6, 6.07) is 6.83. The summed E-state index contributed by atoms with van der Waals surface area (Å²) in [5.41, 5.74) is 0.626. The van der Waals surface area contributed by atoms with Crippen LogP contribution in [0.4, 0.5) is 10.5 Å². The minimum atomic E-state index is -0.852. The van der Waals surface area contributed by atoms with Gasteiger partial charge in [-0.3, -0.25) is 5.32 Å². The maximum absolute atomic E-state index is 12.0. The number of hydrogen-bond donors (Lipinski definition) is 1. The fourth-order valence-electron chi connectivity index (χ4n) is 2.59. The smallest absolute Gasteiger partial charge is 0.412 e. The Balaban J connectivity index is 1.98. The lowest BCUT2D eigenvalue weighted by atomic mass is 9.91. The topological polar surface area (TPSA) is 56.8 Å². The summed E-state index contributed by atoms with van der Waals surface area (Å²) in [7, 11) is 3.14.